The second-order valence-corrected chi connectivity index (χ2v) is 7.39. The van der Waals surface area contributed by atoms with E-state index in [1.807, 2.05) is 38.2 Å². The van der Waals surface area contributed by atoms with E-state index in [1.54, 1.807) is 17.0 Å². The van der Waals surface area contributed by atoms with Gasteiger partial charge in [-0.3, -0.25) is 0 Å². The minimum atomic E-state index is -0.106. The van der Waals surface area contributed by atoms with Crippen LogP contribution in [0.1, 0.15) is 29.7 Å². The molecular formula is C20H23ClN6O. The number of piperidine rings is 1. The van der Waals surface area contributed by atoms with Gasteiger partial charge < -0.3 is 15.1 Å². The maximum atomic E-state index is 12.6. The number of carbonyl (C=O) groups is 1. The first kappa shape index (κ1) is 19.9. The van der Waals surface area contributed by atoms with E-state index in [4.69, 9.17) is 16.9 Å². The van der Waals surface area contributed by atoms with Gasteiger partial charge in [-0.25, -0.2) is 4.79 Å². The zero-order valence-electron chi connectivity index (χ0n) is 16.0. The fourth-order valence-corrected chi connectivity index (χ4v) is 3.43. The van der Waals surface area contributed by atoms with Crippen molar-refractivity contribution in [3.8, 4) is 6.07 Å². The highest BCUT2D eigenvalue weighted by atomic mass is 35.5. The number of hydrogen-bond donors (Lipinski definition) is 1. The van der Waals surface area contributed by atoms with Crippen LogP contribution < -0.4 is 10.2 Å². The summed E-state index contributed by atoms with van der Waals surface area (Å²) in [5, 5.41) is 20.6. The summed E-state index contributed by atoms with van der Waals surface area (Å²) in [6.07, 6.45) is 1.89. The Bertz CT molecular complexity index is 879. The monoisotopic (exact) mass is 398 g/mol. The van der Waals surface area contributed by atoms with Gasteiger partial charge in [0.15, 0.2) is 11.5 Å². The number of likely N-dealkylation sites (N-methyl/N-ethyl adjacent to an activating group) is 1. The molecule has 2 heterocycles. The van der Waals surface area contributed by atoms with Crippen molar-refractivity contribution in [3.63, 3.8) is 0 Å². The van der Waals surface area contributed by atoms with E-state index < -0.39 is 0 Å². The third kappa shape index (κ3) is 4.70. The van der Waals surface area contributed by atoms with Crippen molar-refractivity contribution in [1.29, 1.82) is 5.26 Å². The van der Waals surface area contributed by atoms with Crippen LogP contribution in [0.3, 0.4) is 0 Å². The number of nitrogens with zero attached hydrogens (tertiary/aromatic N) is 5. The molecule has 1 aromatic heterocycles. The van der Waals surface area contributed by atoms with Crippen molar-refractivity contribution in [3.05, 3.63) is 52.2 Å². The molecule has 2 amide bonds. The Morgan fingerprint density at radius 3 is 2.89 bits per heavy atom. The zero-order valence-corrected chi connectivity index (χ0v) is 16.8. The number of benzene rings is 1. The van der Waals surface area contributed by atoms with Crippen molar-refractivity contribution < 1.29 is 4.79 Å². The van der Waals surface area contributed by atoms with Gasteiger partial charge in [-0.2, -0.15) is 5.26 Å². The largest absolute Gasteiger partial charge is 0.353 e. The molecular weight excluding hydrogens is 376 g/mol. The summed E-state index contributed by atoms with van der Waals surface area (Å²) < 4.78 is 0. The minimum Gasteiger partial charge on any atom is -0.353 e. The van der Waals surface area contributed by atoms with E-state index in [2.05, 4.69) is 20.4 Å². The predicted octanol–water partition coefficient (Wildman–Crippen LogP) is 3.12. The number of amides is 2. The summed E-state index contributed by atoms with van der Waals surface area (Å²) in [5.74, 6) is 0.731. The third-order valence-electron chi connectivity index (χ3n) is 5.02. The van der Waals surface area contributed by atoms with E-state index in [0.29, 0.717) is 18.8 Å². The highest BCUT2D eigenvalue weighted by Gasteiger charge is 2.27. The summed E-state index contributed by atoms with van der Waals surface area (Å²) in [6, 6.07) is 11.2. The first-order valence-corrected chi connectivity index (χ1v) is 9.60. The van der Waals surface area contributed by atoms with Crippen LogP contribution in [0, 0.1) is 18.3 Å². The van der Waals surface area contributed by atoms with Gasteiger partial charge in [-0.15, -0.1) is 10.2 Å². The van der Waals surface area contributed by atoms with Gasteiger partial charge in [-0.05, 0) is 49.1 Å². The fraction of sp³-hybridized carbons (Fsp3) is 0.400. The van der Waals surface area contributed by atoms with Crippen molar-refractivity contribution in [2.45, 2.75) is 32.4 Å². The number of aryl methyl sites for hydroxylation is 1. The second kappa shape index (κ2) is 8.89. The lowest BCUT2D eigenvalue weighted by atomic mass is 10.0. The van der Waals surface area contributed by atoms with Crippen molar-refractivity contribution in [1.82, 2.24) is 20.4 Å². The lowest BCUT2D eigenvalue weighted by Gasteiger charge is -2.38. The number of rotatable bonds is 4. The van der Waals surface area contributed by atoms with Crippen molar-refractivity contribution in [2.24, 2.45) is 0 Å². The van der Waals surface area contributed by atoms with Gasteiger partial charge in [0.2, 0.25) is 0 Å². The molecule has 0 saturated carbocycles. The molecule has 1 aromatic carbocycles. The highest BCUT2D eigenvalue weighted by Crippen LogP contribution is 2.20. The number of halogens is 1. The fourth-order valence-electron chi connectivity index (χ4n) is 3.32. The average molecular weight is 399 g/mol. The molecule has 0 unspecified atom stereocenters. The van der Waals surface area contributed by atoms with Gasteiger partial charge in [0.25, 0.3) is 0 Å². The molecule has 28 heavy (non-hydrogen) atoms. The summed E-state index contributed by atoms with van der Waals surface area (Å²) in [7, 11) is 1.82. The number of nitrogens with one attached hydrogen (secondary N) is 1. The van der Waals surface area contributed by atoms with Gasteiger partial charge in [0.1, 0.15) is 6.07 Å². The van der Waals surface area contributed by atoms with Gasteiger partial charge in [0, 0.05) is 31.7 Å². The number of anilines is 1. The van der Waals surface area contributed by atoms with Crippen LogP contribution in [0.2, 0.25) is 5.02 Å². The number of urea groups is 1. The molecule has 7 nitrogen and oxygen atoms in total. The molecule has 1 aliphatic rings. The van der Waals surface area contributed by atoms with Crippen LogP contribution in [-0.2, 0) is 6.54 Å². The number of nitriles is 1. The quantitative estimate of drug-likeness (QED) is 0.855. The van der Waals surface area contributed by atoms with Crippen LogP contribution in [0.25, 0.3) is 0 Å². The van der Waals surface area contributed by atoms with Crippen LogP contribution in [0.15, 0.2) is 30.3 Å². The average Bonchev–Trinajstić information content (AvgIpc) is 2.74. The molecule has 8 heteroatoms. The Labute approximate surface area is 169 Å². The van der Waals surface area contributed by atoms with Gasteiger partial charge in [0.05, 0.1) is 6.04 Å². The van der Waals surface area contributed by atoms with Crippen molar-refractivity contribution in [2.75, 3.05) is 25.0 Å². The van der Waals surface area contributed by atoms with Crippen LogP contribution in [0.4, 0.5) is 10.6 Å². The number of hydrogen-bond acceptors (Lipinski definition) is 5. The van der Waals surface area contributed by atoms with Gasteiger partial charge >= 0.3 is 6.03 Å². The Hall–Kier alpha value is -2.85. The maximum absolute atomic E-state index is 12.6. The molecule has 1 saturated heterocycles. The zero-order chi connectivity index (χ0) is 20.1. The molecule has 0 spiro atoms. The molecule has 1 atom stereocenters. The van der Waals surface area contributed by atoms with E-state index in [0.717, 1.165) is 41.4 Å². The molecule has 1 fully saturated rings. The predicted molar refractivity (Wildman–Crippen MR) is 108 cm³/mol. The smallest absolute Gasteiger partial charge is 0.317 e. The Balaban J connectivity index is 1.57. The first-order chi connectivity index (χ1) is 13.5. The minimum absolute atomic E-state index is 0.0816. The summed E-state index contributed by atoms with van der Waals surface area (Å²) in [4.78, 5) is 16.5. The molecule has 0 aliphatic carbocycles. The van der Waals surface area contributed by atoms with Crippen LogP contribution in [-0.4, -0.2) is 47.3 Å². The lowest BCUT2D eigenvalue weighted by Crippen LogP contribution is -2.51. The van der Waals surface area contributed by atoms with Crippen LogP contribution in [0.5, 0.6) is 0 Å². The third-order valence-corrected chi connectivity index (χ3v) is 5.44. The van der Waals surface area contributed by atoms with E-state index >= 15 is 0 Å². The topological polar surface area (TPSA) is 85.2 Å². The summed E-state index contributed by atoms with van der Waals surface area (Å²) in [6.45, 7) is 3.95. The molecule has 146 valence electrons. The SMILES string of the molecule is Cc1cc(CNC(=O)N(C)[C@@H]2CCCN(c3ccc(C#N)nn3)C2)ccc1Cl. The first-order valence-electron chi connectivity index (χ1n) is 9.22. The normalized spacial score (nSPS) is 16.4. The van der Waals surface area contributed by atoms with E-state index in [9.17, 15) is 4.79 Å². The Morgan fingerprint density at radius 1 is 1.39 bits per heavy atom. The Kier molecular flexibility index (Phi) is 6.32. The van der Waals surface area contributed by atoms with Crippen molar-refractivity contribution >= 4 is 23.4 Å². The Morgan fingerprint density at radius 2 is 2.21 bits per heavy atom. The van der Waals surface area contributed by atoms with E-state index in [-0.39, 0.29) is 12.1 Å². The highest BCUT2D eigenvalue weighted by molar-refractivity contribution is 6.31. The molecule has 2 aromatic rings. The second-order valence-electron chi connectivity index (χ2n) is 6.98. The number of carbonyl (C=O) groups excluding carboxylic acids is 1. The number of aromatic nitrogens is 2. The molecule has 1 N–H and O–H groups in total. The molecule has 1 aliphatic heterocycles. The molecule has 0 radical (unpaired) electrons. The molecule has 3 rings (SSSR count). The standard InChI is InChI=1S/C20H23ClN6O/c1-14-10-15(5-7-18(14)21)12-23-20(28)26(2)17-4-3-9-27(13-17)19-8-6-16(11-22)24-25-19/h5-8,10,17H,3-4,9,12-13H2,1-2H3,(H,23,28)/t17-/m1/s1. The van der Waals surface area contributed by atoms with Crippen LogP contribution >= 0.6 is 11.6 Å². The van der Waals surface area contributed by atoms with E-state index in [1.165, 1.54) is 0 Å². The van der Waals surface area contributed by atoms with Gasteiger partial charge in [-0.1, -0.05) is 23.7 Å². The molecule has 0 bridgehead atoms. The summed E-state index contributed by atoms with van der Waals surface area (Å²) >= 11 is 6.05. The summed E-state index contributed by atoms with van der Waals surface area (Å²) in [5.41, 5.74) is 2.31. The lowest BCUT2D eigenvalue weighted by molar-refractivity contribution is 0.182. The maximum Gasteiger partial charge on any atom is 0.317 e.